The first-order chi connectivity index (χ1) is 14.3. The van der Waals surface area contributed by atoms with Crippen molar-refractivity contribution in [3.8, 4) is 0 Å². The fourth-order valence-electron chi connectivity index (χ4n) is 3.43. The molecule has 1 aromatic carbocycles. The SMILES string of the molecule is CCCCCN(Cc1ccc(F)cc1)C(=O)Cn1c(=O)c2c(ncn2C)n(C)c1=O. The molecule has 2 aromatic heterocycles. The molecule has 3 aromatic rings. The van der Waals surface area contributed by atoms with Crippen molar-refractivity contribution in [2.75, 3.05) is 6.54 Å². The molecule has 30 heavy (non-hydrogen) atoms. The first-order valence-electron chi connectivity index (χ1n) is 9.96. The number of unbranched alkanes of at least 4 members (excludes halogenated alkanes) is 2. The molecule has 2 heterocycles. The summed E-state index contributed by atoms with van der Waals surface area (Å²) in [7, 11) is 3.19. The Bertz CT molecular complexity index is 1160. The van der Waals surface area contributed by atoms with Crippen LogP contribution in [0.3, 0.4) is 0 Å². The van der Waals surface area contributed by atoms with E-state index in [1.54, 1.807) is 24.1 Å². The summed E-state index contributed by atoms with van der Waals surface area (Å²) in [4.78, 5) is 44.3. The Labute approximate surface area is 173 Å². The van der Waals surface area contributed by atoms with E-state index in [4.69, 9.17) is 0 Å². The number of aromatic nitrogens is 4. The number of hydrogen-bond donors (Lipinski definition) is 0. The summed E-state index contributed by atoms with van der Waals surface area (Å²) in [5, 5.41) is 0. The Hall–Kier alpha value is -3.23. The zero-order chi connectivity index (χ0) is 21.8. The van der Waals surface area contributed by atoms with Gasteiger partial charge in [-0.15, -0.1) is 0 Å². The van der Waals surface area contributed by atoms with Crippen LogP contribution >= 0.6 is 0 Å². The maximum atomic E-state index is 13.2. The predicted octanol–water partition coefficient (Wildman–Crippen LogP) is 1.79. The summed E-state index contributed by atoms with van der Waals surface area (Å²) < 4.78 is 17.0. The maximum Gasteiger partial charge on any atom is 0.332 e. The van der Waals surface area contributed by atoms with Gasteiger partial charge in [-0.3, -0.25) is 14.2 Å². The molecule has 0 aliphatic heterocycles. The monoisotopic (exact) mass is 415 g/mol. The summed E-state index contributed by atoms with van der Waals surface area (Å²) in [6.45, 7) is 2.48. The van der Waals surface area contributed by atoms with Crippen molar-refractivity contribution in [3.05, 3.63) is 62.8 Å². The van der Waals surface area contributed by atoms with Crippen LogP contribution in [0.25, 0.3) is 11.2 Å². The van der Waals surface area contributed by atoms with Gasteiger partial charge in [-0.05, 0) is 24.1 Å². The molecule has 0 bridgehead atoms. The number of halogens is 1. The number of benzene rings is 1. The normalized spacial score (nSPS) is 11.2. The van der Waals surface area contributed by atoms with Gasteiger partial charge in [0.1, 0.15) is 12.4 Å². The van der Waals surface area contributed by atoms with Gasteiger partial charge in [-0.25, -0.2) is 18.7 Å². The molecule has 0 atom stereocenters. The molecule has 0 radical (unpaired) electrons. The quantitative estimate of drug-likeness (QED) is 0.525. The Balaban J connectivity index is 1.91. The van der Waals surface area contributed by atoms with E-state index in [-0.39, 0.29) is 36.0 Å². The molecule has 1 amide bonds. The lowest BCUT2D eigenvalue weighted by Gasteiger charge is -2.23. The number of nitrogens with zero attached hydrogens (tertiary/aromatic N) is 5. The number of aryl methyl sites for hydroxylation is 2. The number of rotatable bonds is 8. The third-order valence-corrected chi connectivity index (χ3v) is 5.17. The summed E-state index contributed by atoms with van der Waals surface area (Å²) in [5.74, 6) is -0.682. The molecule has 0 spiro atoms. The third-order valence-electron chi connectivity index (χ3n) is 5.17. The smallest absolute Gasteiger partial charge is 0.332 e. The van der Waals surface area contributed by atoms with Crippen LogP contribution in [-0.2, 0) is 32.0 Å². The standard InChI is InChI=1S/C21H26FN5O3/c1-4-5-6-11-26(12-15-7-9-16(22)10-8-15)17(28)13-27-20(29)18-19(23-14-24(18)2)25(3)21(27)30/h7-10,14H,4-6,11-13H2,1-3H3. The molecule has 0 unspecified atom stereocenters. The Morgan fingerprint density at radius 3 is 2.50 bits per heavy atom. The fraction of sp³-hybridized carbons (Fsp3) is 0.429. The lowest BCUT2D eigenvalue weighted by molar-refractivity contribution is -0.132. The minimum absolute atomic E-state index is 0.265. The maximum absolute atomic E-state index is 13.2. The second-order valence-electron chi connectivity index (χ2n) is 7.41. The second-order valence-corrected chi connectivity index (χ2v) is 7.41. The highest BCUT2D eigenvalue weighted by Crippen LogP contribution is 2.10. The molecule has 0 saturated heterocycles. The molecule has 0 aliphatic carbocycles. The highest BCUT2D eigenvalue weighted by atomic mass is 19.1. The van der Waals surface area contributed by atoms with Gasteiger partial charge < -0.3 is 9.47 Å². The molecule has 160 valence electrons. The molecule has 8 nitrogen and oxygen atoms in total. The van der Waals surface area contributed by atoms with Crippen molar-refractivity contribution in [2.45, 2.75) is 39.3 Å². The van der Waals surface area contributed by atoms with Crippen LogP contribution in [0, 0.1) is 5.82 Å². The summed E-state index contributed by atoms with van der Waals surface area (Å²) in [5.41, 5.74) is 0.193. The van der Waals surface area contributed by atoms with Gasteiger partial charge >= 0.3 is 5.69 Å². The average Bonchev–Trinajstić information content (AvgIpc) is 3.12. The van der Waals surface area contributed by atoms with Crippen LogP contribution in [0.5, 0.6) is 0 Å². The minimum atomic E-state index is -0.588. The van der Waals surface area contributed by atoms with Crippen molar-refractivity contribution < 1.29 is 9.18 Å². The predicted molar refractivity (Wildman–Crippen MR) is 112 cm³/mol. The zero-order valence-corrected chi connectivity index (χ0v) is 17.5. The van der Waals surface area contributed by atoms with Crippen LogP contribution in [0.1, 0.15) is 31.7 Å². The zero-order valence-electron chi connectivity index (χ0n) is 17.5. The second kappa shape index (κ2) is 9.06. The van der Waals surface area contributed by atoms with Gasteiger partial charge in [-0.2, -0.15) is 0 Å². The van der Waals surface area contributed by atoms with Crippen molar-refractivity contribution in [3.63, 3.8) is 0 Å². The van der Waals surface area contributed by atoms with E-state index in [0.29, 0.717) is 6.54 Å². The molecular weight excluding hydrogens is 389 g/mol. The lowest BCUT2D eigenvalue weighted by atomic mass is 10.2. The number of carbonyl (C=O) groups excluding carboxylic acids is 1. The van der Waals surface area contributed by atoms with Gasteiger partial charge in [0.25, 0.3) is 5.56 Å². The highest BCUT2D eigenvalue weighted by molar-refractivity contribution is 5.77. The average molecular weight is 415 g/mol. The summed E-state index contributed by atoms with van der Waals surface area (Å²) in [6, 6.07) is 5.95. The van der Waals surface area contributed by atoms with Crippen molar-refractivity contribution >= 4 is 17.1 Å². The first-order valence-corrected chi connectivity index (χ1v) is 9.96. The molecular formula is C21H26FN5O3. The van der Waals surface area contributed by atoms with Crippen LogP contribution in [0.2, 0.25) is 0 Å². The highest BCUT2D eigenvalue weighted by Gasteiger charge is 2.20. The van der Waals surface area contributed by atoms with Gasteiger partial charge in [0.05, 0.1) is 6.33 Å². The van der Waals surface area contributed by atoms with Gasteiger partial charge in [0, 0.05) is 27.2 Å². The van der Waals surface area contributed by atoms with E-state index in [9.17, 15) is 18.8 Å². The van der Waals surface area contributed by atoms with E-state index in [1.807, 2.05) is 0 Å². The van der Waals surface area contributed by atoms with Crippen molar-refractivity contribution in [1.29, 1.82) is 0 Å². The summed E-state index contributed by atoms with van der Waals surface area (Å²) in [6.07, 6.45) is 4.21. The lowest BCUT2D eigenvalue weighted by Crippen LogP contribution is -2.44. The van der Waals surface area contributed by atoms with Crippen molar-refractivity contribution in [1.82, 2.24) is 23.6 Å². The number of hydrogen-bond acceptors (Lipinski definition) is 4. The fourth-order valence-corrected chi connectivity index (χ4v) is 3.43. The molecule has 0 N–H and O–H groups in total. The van der Waals surface area contributed by atoms with Crippen LogP contribution in [-0.4, -0.2) is 36.0 Å². The van der Waals surface area contributed by atoms with E-state index >= 15 is 0 Å². The minimum Gasteiger partial charge on any atom is -0.337 e. The number of imidazole rings is 1. The first kappa shape index (κ1) is 21.5. The van der Waals surface area contributed by atoms with Crippen LogP contribution in [0.4, 0.5) is 4.39 Å². The van der Waals surface area contributed by atoms with Gasteiger partial charge in [-0.1, -0.05) is 31.9 Å². The van der Waals surface area contributed by atoms with Crippen molar-refractivity contribution in [2.24, 2.45) is 14.1 Å². The van der Waals surface area contributed by atoms with Gasteiger partial charge in [0.15, 0.2) is 11.2 Å². The number of fused-ring (bicyclic) bond motifs is 1. The molecule has 3 rings (SSSR count). The topological polar surface area (TPSA) is 82.1 Å². The summed E-state index contributed by atoms with van der Waals surface area (Å²) >= 11 is 0. The van der Waals surface area contributed by atoms with E-state index in [2.05, 4.69) is 11.9 Å². The molecule has 0 aliphatic rings. The third kappa shape index (κ3) is 4.34. The Morgan fingerprint density at radius 1 is 1.13 bits per heavy atom. The molecule has 0 saturated carbocycles. The Morgan fingerprint density at radius 2 is 1.83 bits per heavy atom. The van der Waals surface area contributed by atoms with Crippen LogP contribution in [0.15, 0.2) is 40.2 Å². The van der Waals surface area contributed by atoms with Gasteiger partial charge in [0.2, 0.25) is 5.91 Å². The number of carbonyl (C=O) groups is 1. The van der Waals surface area contributed by atoms with E-state index in [1.165, 1.54) is 34.6 Å². The van der Waals surface area contributed by atoms with Crippen LogP contribution < -0.4 is 11.2 Å². The largest absolute Gasteiger partial charge is 0.337 e. The van der Waals surface area contributed by atoms with E-state index in [0.717, 1.165) is 29.4 Å². The number of amides is 1. The molecule has 0 fully saturated rings. The molecule has 9 heteroatoms. The van der Waals surface area contributed by atoms with E-state index < -0.39 is 11.2 Å². The Kier molecular flexibility index (Phi) is 6.49.